The lowest BCUT2D eigenvalue weighted by molar-refractivity contribution is -0.152. The van der Waals surface area contributed by atoms with Crippen molar-refractivity contribution in [2.45, 2.75) is 26.2 Å². The number of carbonyl (C=O) groups excluding carboxylic acids is 1. The number of anilines is 1. The fraction of sp³-hybridized carbons (Fsp3) is 0.467. The number of halogens is 1. The van der Waals surface area contributed by atoms with E-state index in [1.54, 1.807) is 23.1 Å². The number of nitrogens with zero attached hydrogens (tertiary/aromatic N) is 1. The van der Waals surface area contributed by atoms with Crippen molar-refractivity contribution >= 4 is 33.5 Å². The van der Waals surface area contributed by atoms with Crippen molar-refractivity contribution in [1.82, 2.24) is 4.90 Å². The molecular formula is C15H19BrN2O3. The average Bonchev–Trinajstić information content (AvgIpc) is 2.49. The average molecular weight is 355 g/mol. The van der Waals surface area contributed by atoms with Gasteiger partial charge in [-0.05, 0) is 53.4 Å². The Morgan fingerprint density at radius 1 is 1.38 bits per heavy atom. The molecule has 1 amide bonds. The molecule has 0 unspecified atom stereocenters. The van der Waals surface area contributed by atoms with Crippen LogP contribution in [0.25, 0.3) is 0 Å². The van der Waals surface area contributed by atoms with Crippen molar-refractivity contribution in [3.05, 3.63) is 28.2 Å². The van der Waals surface area contributed by atoms with E-state index < -0.39 is 11.4 Å². The van der Waals surface area contributed by atoms with Crippen molar-refractivity contribution in [2.75, 3.05) is 18.8 Å². The predicted molar refractivity (Wildman–Crippen MR) is 84.1 cm³/mol. The lowest BCUT2D eigenvalue weighted by Gasteiger charge is -2.38. The highest BCUT2D eigenvalue weighted by Crippen LogP contribution is 2.36. The van der Waals surface area contributed by atoms with Crippen LogP contribution in [0.4, 0.5) is 5.69 Å². The SMILES string of the molecule is CCC1(C(=O)O)CCN(C(=O)c2cc(N)ccc2Br)CC1. The lowest BCUT2D eigenvalue weighted by Crippen LogP contribution is -2.46. The molecule has 0 atom stereocenters. The predicted octanol–water partition coefficient (Wildman–Crippen LogP) is 2.75. The highest BCUT2D eigenvalue weighted by atomic mass is 79.9. The number of rotatable bonds is 3. The van der Waals surface area contributed by atoms with Crippen molar-refractivity contribution in [1.29, 1.82) is 0 Å². The molecule has 21 heavy (non-hydrogen) atoms. The molecule has 2 rings (SSSR count). The number of nitrogens with two attached hydrogens (primary N) is 1. The van der Waals surface area contributed by atoms with E-state index in [2.05, 4.69) is 15.9 Å². The summed E-state index contributed by atoms with van der Waals surface area (Å²) in [5.41, 5.74) is 6.10. The van der Waals surface area contributed by atoms with E-state index in [4.69, 9.17) is 5.73 Å². The number of piperidine rings is 1. The molecule has 0 spiro atoms. The lowest BCUT2D eigenvalue weighted by atomic mass is 9.76. The first kappa shape index (κ1) is 15.8. The Kier molecular flexibility index (Phi) is 4.56. The van der Waals surface area contributed by atoms with Crippen molar-refractivity contribution in [2.24, 2.45) is 5.41 Å². The van der Waals surface area contributed by atoms with Crippen LogP contribution in [0.15, 0.2) is 22.7 Å². The van der Waals surface area contributed by atoms with E-state index in [1.165, 1.54) is 0 Å². The third-order valence-electron chi connectivity index (χ3n) is 4.36. The summed E-state index contributed by atoms with van der Waals surface area (Å²) in [6.45, 7) is 2.81. The smallest absolute Gasteiger partial charge is 0.309 e. The molecule has 6 heteroatoms. The molecule has 1 aliphatic heterocycles. The summed E-state index contributed by atoms with van der Waals surface area (Å²) in [6, 6.07) is 5.12. The van der Waals surface area contributed by atoms with Gasteiger partial charge in [0.25, 0.3) is 5.91 Å². The Balaban J connectivity index is 2.13. The first-order valence-corrected chi connectivity index (χ1v) is 7.76. The van der Waals surface area contributed by atoms with Gasteiger partial charge >= 0.3 is 5.97 Å². The standard InChI is InChI=1S/C15H19BrN2O3/c1-2-15(14(20)21)5-7-18(8-6-15)13(19)11-9-10(17)3-4-12(11)16/h3-4,9H,2,5-8,17H2,1H3,(H,20,21). The summed E-state index contributed by atoms with van der Waals surface area (Å²) < 4.78 is 0.701. The fourth-order valence-corrected chi connectivity index (χ4v) is 3.15. The van der Waals surface area contributed by atoms with E-state index in [9.17, 15) is 14.7 Å². The van der Waals surface area contributed by atoms with Gasteiger partial charge in [-0.15, -0.1) is 0 Å². The van der Waals surface area contributed by atoms with E-state index in [0.717, 1.165) is 0 Å². The number of amides is 1. The van der Waals surface area contributed by atoms with Crippen LogP contribution < -0.4 is 5.73 Å². The van der Waals surface area contributed by atoms with Gasteiger partial charge in [0.15, 0.2) is 0 Å². The molecule has 0 aliphatic carbocycles. The Hall–Kier alpha value is -1.56. The molecule has 114 valence electrons. The second kappa shape index (κ2) is 6.05. The number of carbonyl (C=O) groups is 2. The third-order valence-corrected chi connectivity index (χ3v) is 5.05. The summed E-state index contributed by atoms with van der Waals surface area (Å²) in [5, 5.41) is 9.38. The van der Waals surface area contributed by atoms with Crippen LogP contribution in [-0.2, 0) is 4.79 Å². The number of benzene rings is 1. The van der Waals surface area contributed by atoms with Gasteiger partial charge in [-0.2, -0.15) is 0 Å². The summed E-state index contributed by atoms with van der Waals surface area (Å²) in [4.78, 5) is 25.7. The zero-order valence-corrected chi connectivity index (χ0v) is 13.5. The molecule has 1 aliphatic rings. The van der Waals surface area contributed by atoms with Crippen molar-refractivity contribution in [3.63, 3.8) is 0 Å². The van der Waals surface area contributed by atoms with E-state index >= 15 is 0 Å². The molecule has 1 fully saturated rings. The third kappa shape index (κ3) is 3.05. The normalized spacial score (nSPS) is 17.5. The fourth-order valence-electron chi connectivity index (χ4n) is 2.73. The molecule has 1 heterocycles. The van der Waals surface area contributed by atoms with Crippen LogP contribution in [0.1, 0.15) is 36.5 Å². The monoisotopic (exact) mass is 354 g/mol. The van der Waals surface area contributed by atoms with Crippen molar-refractivity contribution in [3.8, 4) is 0 Å². The van der Waals surface area contributed by atoms with Gasteiger partial charge in [-0.1, -0.05) is 6.92 Å². The van der Waals surface area contributed by atoms with Gasteiger partial charge in [0.2, 0.25) is 0 Å². The van der Waals surface area contributed by atoms with Gasteiger partial charge in [-0.25, -0.2) is 0 Å². The summed E-state index contributed by atoms with van der Waals surface area (Å²) in [7, 11) is 0. The summed E-state index contributed by atoms with van der Waals surface area (Å²) in [5.74, 6) is -0.869. The first-order valence-electron chi connectivity index (χ1n) is 6.97. The molecule has 0 radical (unpaired) electrons. The molecule has 0 saturated carbocycles. The quantitative estimate of drug-likeness (QED) is 0.817. The number of nitrogen functional groups attached to an aromatic ring is 1. The van der Waals surface area contributed by atoms with E-state index in [0.29, 0.717) is 48.1 Å². The first-order chi connectivity index (χ1) is 9.89. The maximum atomic E-state index is 12.5. The minimum absolute atomic E-state index is 0.107. The topological polar surface area (TPSA) is 83.6 Å². The summed E-state index contributed by atoms with van der Waals surface area (Å²) >= 11 is 3.36. The molecule has 1 saturated heterocycles. The summed E-state index contributed by atoms with van der Waals surface area (Å²) in [6.07, 6.45) is 1.57. The number of likely N-dealkylation sites (tertiary alicyclic amines) is 1. The van der Waals surface area contributed by atoms with E-state index in [-0.39, 0.29) is 5.91 Å². The highest BCUT2D eigenvalue weighted by Gasteiger charge is 2.41. The van der Waals surface area contributed by atoms with Gasteiger partial charge in [0.1, 0.15) is 0 Å². The largest absolute Gasteiger partial charge is 0.481 e. The minimum atomic E-state index is -0.762. The Labute approximate surface area is 132 Å². The molecule has 0 aromatic heterocycles. The van der Waals surface area contributed by atoms with Crippen LogP contribution in [0, 0.1) is 5.41 Å². The number of carboxylic acids is 1. The Bertz CT molecular complexity index is 566. The zero-order valence-electron chi connectivity index (χ0n) is 11.9. The van der Waals surface area contributed by atoms with E-state index in [1.807, 2.05) is 6.92 Å². The Morgan fingerprint density at radius 3 is 2.52 bits per heavy atom. The van der Waals surface area contributed by atoms with Crippen LogP contribution in [0.3, 0.4) is 0 Å². The van der Waals surface area contributed by atoms with Gasteiger partial charge in [0, 0.05) is 23.2 Å². The minimum Gasteiger partial charge on any atom is -0.481 e. The maximum Gasteiger partial charge on any atom is 0.309 e. The van der Waals surface area contributed by atoms with Gasteiger partial charge in [0.05, 0.1) is 11.0 Å². The van der Waals surface area contributed by atoms with Crippen molar-refractivity contribution < 1.29 is 14.7 Å². The number of aliphatic carboxylic acids is 1. The highest BCUT2D eigenvalue weighted by molar-refractivity contribution is 9.10. The Morgan fingerprint density at radius 2 is 2.00 bits per heavy atom. The van der Waals surface area contributed by atoms with Gasteiger partial charge in [-0.3, -0.25) is 9.59 Å². The molecular weight excluding hydrogens is 336 g/mol. The second-order valence-corrected chi connectivity index (χ2v) is 6.32. The molecule has 1 aromatic rings. The number of carboxylic acid groups (broad SMARTS) is 1. The maximum absolute atomic E-state index is 12.5. The molecule has 0 bridgehead atoms. The number of hydrogen-bond donors (Lipinski definition) is 2. The van der Waals surface area contributed by atoms with Crippen LogP contribution >= 0.6 is 15.9 Å². The molecule has 1 aromatic carbocycles. The molecule has 3 N–H and O–H groups in total. The van der Waals surface area contributed by atoms with Crippen LogP contribution in [0.2, 0.25) is 0 Å². The zero-order chi connectivity index (χ0) is 15.6. The van der Waals surface area contributed by atoms with Crippen LogP contribution in [0.5, 0.6) is 0 Å². The molecule has 5 nitrogen and oxygen atoms in total. The van der Waals surface area contributed by atoms with Gasteiger partial charge < -0.3 is 15.7 Å². The number of hydrogen-bond acceptors (Lipinski definition) is 3. The van der Waals surface area contributed by atoms with Crippen LogP contribution in [-0.4, -0.2) is 35.0 Å². The second-order valence-electron chi connectivity index (χ2n) is 5.47.